The van der Waals surface area contributed by atoms with Crippen LogP contribution in [0.5, 0.6) is 5.75 Å². The molecule has 114 valence electrons. The number of nitrogens with zero attached hydrogens (tertiary/aromatic N) is 2. The molecule has 0 spiro atoms. The predicted molar refractivity (Wildman–Crippen MR) is 85.0 cm³/mol. The van der Waals surface area contributed by atoms with Gasteiger partial charge < -0.3 is 10.0 Å². The molecule has 0 bridgehead atoms. The molecule has 4 heteroatoms. The van der Waals surface area contributed by atoms with Crippen LogP contribution in [-0.2, 0) is 0 Å². The Morgan fingerprint density at radius 2 is 1.82 bits per heavy atom. The second-order valence-electron chi connectivity index (χ2n) is 5.85. The van der Waals surface area contributed by atoms with Gasteiger partial charge in [0.2, 0.25) is 0 Å². The standard InChI is InChI=1S/C18H20N2O2/c1-13-2-3-16(12-19-13)18(22)20-10-8-15(9-11-20)14-4-6-17(21)7-5-14/h2-7,12,15,21H,8-11H2,1H3. The zero-order chi connectivity index (χ0) is 15.5. The number of aromatic hydroxyl groups is 1. The Bertz CT molecular complexity index is 642. The van der Waals surface area contributed by atoms with E-state index < -0.39 is 0 Å². The van der Waals surface area contributed by atoms with Gasteiger partial charge in [-0.05, 0) is 55.5 Å². The molecule has 1 aromatic heterocycles. The van der Waals surface area contributed by atoms with Crippen molar-refractivity contribution in [2.45, 2.75) is 25.7 Å². The Labute approximate surface area is 130 Å². The van der Waals surface area contributed by atoms with Gasteiger partial charge in [0.1, 0.15) is 5.75 Å². The molecule has 1 aliphatic heterocycles. The molecule has 1 aliphatic rings. The quantitative estimate of drug-likeness (QED) is 0.926. The van der Waals surface area contributed by atoms with Crippen LogP contribution in [0.2, 0.25) is 0 Å². The Morgan fingerprint density at radius 1 is 1.14 bits per heavy atom. The highest BCUT2D eigenvalue weighted by Crippen LogP contribution is 2.29. The van der Waals surface area contributed by atoms with Crippen molar-refractivity contribution in [3.05, 3.63) is 59.4 Å². The summed E-state index contributed by atoms with van der Waals surface area (Å²) in [6, 6.07) is 11.1. The molecule has 0 atom stereocenters. The van der Waals surface area contributed by atoms with E-state index in [1.54, 1.807) is 18.3 Å². The lowest BCUT2D eigenvalue weighted by atomic mass is 9.89. The molecule has 3 rings (SSSR count). The van der Waals surface area contributed by atoms with Gasteiger partial charge in [0.15, 0.2) is 0 Å². The molecule has 22 heavy (non-hydrogen) atoms. The summed E-state index contributed by atoms with van der Waals surface area (Å²) in [6.45, 7) is 3.44. The van der Waals surface area contributed by atoms with Gasteiger partial charge in [-0.3, -0.25) is 9.78 Å². The van der Waals surface area contributed by atoms with Gasteiger partial charge >= 0.3 is 0 Å². The summed E-state index contributed by atoms with van der Waals surface area (Å²) >= 11 is 0. The number of hydrogen-bond acceptors (Lipinski definition) is 3. The summed E-state index contributed by atoms with van der Waals surface area (Å²) in [5.41, 5.74) is 2.82. The number of pyridine rings is 1. The average Bonchev–Trinajstić information content (AvgIpc) is 2.56. The predicted octanol–water partition coefficient (Wildman–Crippen LogP) is 3.12. The van der Waals surface area contributed by atoms with Crippen LogP contribution in [0.15, 0.2) is 42.6 Å². The average molecular weight is 296 g/mol. The SMILES string of the molecule is Cc1ccc(C(=O)N2CCC(c3ccc(O)cc3)CC2)cn1. The van der Waals surface area contributed by atoms with Gasteiger partial charge in [-0.25, -0.2) is 0 Å². The van der Waals surface area contributed by atoms with Gasteiger partial charge in [-0.2, -0.15) is 0 Å². The van der Waals surface area contributed by atoms with Crippen LogP contribution in [-0.4, -0.2) is 34.0 Å². The van der Waals surface area contributed by atoms with E-state index >= 15 is 0 Å². The number of benzene rings is 1. The highest BCUT2D eigenvalue weighted by Gasteiger charge is 2.24. The first-order chi connectivity index (χ1) is 10.6. The van der Waals surface area contributed by atoms with E-state index in [1.165, 1.54) is 5.56 Å². The van der Waals surface area contributed by atoms with Crippen LogP contribution in [0.3, 0.4) is 0 Å². The fourth-order valence-corrected chi connectivity index (χ4v) is 2.94. The first-order valence-corrected chi connectivity index (χ1v) is 7.64. The minimum Gasteiger partial charge on any atom is -0.508 e. The minimum absolute atomic E-state index is 0.0663. The molecular weight excluding hydrogens is 276 g/mol. The molecule has 0 unspecified atom stereocenters. The molecule has 1 amide bonds. The molecule has 0 radical (unpaired) electrons. The Morgan fingerprint density at radius 3 is 2.41 bits per heavy atom. The second kappa shape index (κ2) is 6.18. The number of carbonyl (C=O) groups is 1. The third-order valence-corrected chi connectivity index (χ3v) is 4.30. The third-order valence-electron chi connectivity index (χ3n) is 4.30. The number of aromatic nitrogens is 1. The van der Waals surface area contributed by atoms with E-state index in [1.807, 2.05) is 36.1 Å². The number of amides is 1. The third kappa shape index (κ3) is 3.11. The van der Waals surface area contributed by atoms with Crippen molar-refractivity contribution in [2.24, 2.45) is 0 Å². The Balaban J connectivity index is 1.62. The monoisotopic (exact) mass is 296 g/mol. The molecule has 1 aromatic carbocycles. The van der Waals surface area contributed by atoms with Crippen LogP contribution in [0.1, 0.15) is 40.4 Å². The molecule has 1 N–H and O–H groups in total. The molecule has 0 saturated carbocycles. The highest BCUT2D eigenvalue weighted by molar-refractivity contribution is 5.94. The fraction of sp³-hybridized carbons (Fsp3) is 0.333. The summed E-state index contributed by atoms with van der Waals surface area (Å²) in [6.07, 6.45) is 3.56. The van der Waals surface area contributed by atoms with E-state index in [0.29, 0.717) is 17.2 Å². The number of phenols is 1. The van der Waals surface area contributed by atoms with Crippen molar-refractivity contribution in [3.63, 3.8) is 0 Å². The summed E-state index contributed by atoms with van der Waals surface area (Å²) in [5, 5.41) is 9.36. The fourth-order valence-electron chi connectivity index (χ4n) is 2.94. The zero-order valence-electron chi connectivity index (χ0n) is 12.7. The van der Waals surface area contributed by atoms with Gasteiger partial charge in [0.05, 0.1) is 5.56 Å². The smallest absolute Gasteiger partial charge is 0.255 e. The number of piperidine rings is 1. The lowest BCUT2D eigenvalue weighted by Gasteiger charge is -2.32. The van der Waals surface area contributed by atoms with Gasteiger partial charge in [-0.15, -0.1) is 0 Å². The highest BCUT2D eigenvalue weighted by atomic mass is 16.3. The number of phenolic OH excluding ortho intramolecular Hbond substituents is 1. The maximum Gasteiger partial charge on any atom is 0.255 e. The summed E-state index contributed by atoms with van der Waals surface area (Å²) in [4.78, 5) is 18.6. The van der Waals surface area contributed by atoms with Gasteiger partial charge in [0, 0.05) is 25.0 Å². The van der Waals surface area contributed by atoms with Crippen LogP contribution in [0, 0.1) is 6.92 Å². The van der Waals surface area contributed by atoms with Crippen molar-refractivity contribution < 1.29 is 9.90 Å². The van der Waals surface area contributed by atoms with Crippen molar-refractivity contribution >= 4 is 5.91 Å². The van der Waals surface area contributed by atoms with Crippen LogP contribution in [0.4, 0.5) is 0 Å². The molecular formula is C18H20N2O2. The number of hydrogen-bond donors (Lipinski definition) is 1. The number of likely N-dealkylation sites (tertiary alicyclic amines) is 1. The van der Waals surface area contributed by atoms with Crippen LogP contribution in [0.25, 0.3) is 0 Å². The summed E-state index contributed by atoms with van der Waals surface area (Å²) in [7, 11) is 0. The van der Waals surface area contributed by atoms with Gasteiger partial charge in [0.25, 0.3) is 5.91 Å². The van der Waals surface area contributed by atoms with Crippen molar-refractivity contribution in [2.75, 3.05) is 13.1 Å². The lowest BCUT2D eigenvalue weighted by Crippen LogP contribution is -2.37. The zero-order valence-corrected chi connectivity index (χ0v) is 12.7. The first-order valence-electron chi connectivity index (χ1n) is 7.64. The lowest BCUT2D eigenvalue weighted by molar-refractivity contribution is 0.0712. The van der Waals surface area contributed by atoms with Crippen molar-refractivity contribution in [1.82, 2.24) is 9.88 Å². The molecule has 0 aliphatic carbocycles. The minimum atomic E-state index is 0.0663. The van der Waals surface area contributed by atoms with E-state index in [2.05, 4.69) is 4.98 Å². The van der Waals surface area contributed by atoms with Crippen molar-refractivity contribution in [1.29, 1.82) is 0 Å². The Kier molecular flexibility index (Phi) is 4.09. The van der Waals surface area contributed by atoms with E-state index in [-0.39, 0.29) is 5.91 Å². The number of carbonyl (C=O) groups excluding carboxylic acids is 1. The normalized spacial score (nSPS) is 15.8. The maximum absolute atomic E-state index is 12.5. The van der Waals surface area contributed by atoms with E-state index in [0.717, 1.165) is 31.6 Å². The molecule has 1 fully saturated rings. The van der Waals surface area contributed by atoms with E-state index in [9.17, 15) is 9.90 Å². The number of aryl methyl sites for hydroxylation is 1. The van der Waals surface area contributed by atoms with Gasteiger partial charge in [-0.1, -0.05) is 12.1 Å². The van der Waals surface area contributed by atoms with Crippen molar-refractivity contribution in [3.8, 4) is 5.75 Å². The second-order valence-corrected chi connectivity index (χ2v) is 5.85. The summed E-state index contributed by atoms with van der Waals surface area (Å²) in [5.74, 6) is 0.820. The number of rotatable bonds is 2. The van der Waals surface area contributed by atoms with Crippen LogP contribution >= 0.6 is 0 Å². The molecule has 2 aromatic rings. The van der Waals surface area contributed by atoms with Crippen LogP contribution < -0.4 is 0 Å². The molecule has 1 saturated heterocycles. The maximum atomic E-state index is 12.5. The largest absolute Gasteiger partial charge is 0.508 e. The molecule has 2 heterocycles. The molecule has 4 nitrogen and oxygen atoms in total. The Hall–Kier alpha value is -2.36. The summed E-state index contributed by atoms with van der Waals surface area (Å²) < 4.78 is 0. The first kappa shape index (κ1) is 14.6. The van der Waals surface area contributed by atoms with E-state index in [4.69, 9.17) is 0 Å². The topological polar surface area (TPSA) is 53.4 Å².